The zero-order valence-corrected chi connectivity index (χ0v) is 11.6. The van der Waals surface area contributed by atoms with Gasteiger partial charge in [0.05, 0.1) is 5.92 Å². The van der Waals surface area contributed by atoms with E-state index < -0.39 is 11.8 Å². The molecule has 2 aromatic rings. The van der Waals surface area contributed by atoms with Gasteiger partial charge in [-0.15, -0.1) is 0 Å². The predicted molar refractivity (Wildman–Crippen MR) is 80.7 cm³/mol. The fourth-order valence-corrected chi connectivity index (χ4v) is 2.52. The number of rotatable bonds is 7. The Morgan fingerprint density at radius 2 is 1.57 bits per heavy atom. The number of carbonyl (C=O) groups excluding carboxylic acids is 1. The molecule has 0 amide bonds. The second kappa shape index (κ2) is 7.33. The lowest BCUT2D eigenvalue weighted by Gasteiger charge is -2.20. The van der Waals surface area contributed by atoms with Crippen LogP contribution >= 0.6 is 0 Å². The molecule has 2 aromatic carbocycles. The molecule has 0 bridgehead atoms. The highest BCUT2D eigenvalue weighted by Crippen LogP contribution is 2.26. The van der Waals surface area contributed by atoms with Gasteiger partial charge >= 0.3 is 0 Å². The van der Waals surface area contributed by atoms with Crippen LogP contribution in [0.4, 0.5) is 0 Å². The molecular formula is C17H17NO3. The van der Waals surface area contributed by atoms with E-state index in [0.29, 0.717) is 6.42 Å². The van der Waals surface area contributed by atoms with Gasteiger partial charge in [-0.2, -0.15) is 0 Å². The summed E-state index contributed by atoms with van der Waals surface area (Å²) in [4.78, 5) is 22.1. The maximum absolute atomic E-state index is 11.5. The fraction of sp³-hybridized carbons (Fsp3) is 0.235. The molecule has 2 rings (SSSR count). The minimum absolute atomic E-state index is 0.236. The third kappa shape index (κ3) is 4.24. The van der Waals surface area contributed by atoms with Crippen molar-refractivity contribution >= 4 is 6.29 Å². The van der Waals surface area contributed by atoms with E-state index in [1.807, 2.05) is 60.7 Å². The summed E-state index contributed by atoms with van der Waals surface area (Å²) in [5, 5.41) is 10.9. The van der Waals surface area contributed by atoms with Gasteiger partial charge in [-0.25, -0.2) is 0 Å². The Morgan fingerprint density at radius 1 is 1.00 bits per heavy atom. The molecular weight excluding hydrogens is 266 g/mol. The zero-order valence-electron chi connectivity index (χ0n) is 11.6. The van der Waals surface area contributed by atoms with Gasteiger partial charge in [0.15, 0.2) is 0 Å². The Kier molecular flexibility index (Phi) is 5.21. The Hall–Kier alpha value is -2.49. The van der Waals surface area contributed by atoms with Crippen LogP contribution in [0.15, 0.2) is 60.7 Å². The molecule has 1 unspecified atom stereocenters. The molecule has 2 atom stereocenters. The van der Waals surface area contributed by atoms with Crippen molar-refractivity contribution < 1.29 is 9.72 Å². The van der Waals surface area contributed by atoms with Crippen LogP contribution in [0, 0.1) is 16.0 Å². The van der Waals surface area contributed by atoms with Crippen molar-refractivity contribution in [2.45, 2.75) is 12.3 Å². The summed E-state index contributed by atoms with van der Waals surface area (Å²) in [5.74, 6) is -0.806. The number of nitrogens with zero attached hydrogens (tertiary/aromatic N) is 1. The zero-order chi connectivity index (χ0) is 15.1. The van der Waals surface area contributed by atoms with Gasteiger partial charge in [0.2, 0.25) is 6.54 Å². The van der Waals surface area contributed by atoms with Crippen molar-refractivity contribution in [1.29, 1.82) is 0 Å². The molecule has 4 nitrogen and oxygen atoms in total. The number of nitro groups is 1. The van der Waals surface area contributed by atoms with Crippen LogP contribution in [-0.4, -0.2) is 17.8 Å². The topological polar surface area (TPSA) is 60.2 Å². The van der Waals surface area contributed by atoms with Crippen molar-refractivity contribution in [3.8, 4) is 0 Å². The Bertz CT molecular complexity index is 583. The first-order valence-corrected chi connectivity index (χ1v) is 6.86. The van der Waals surface area contributed by atoms with Gasteiger partial charge in [0.25, 0.3) is 0 Å². The van der Waals surface area contributed by atoms with Crippen LogP contribution < -0.4 is 0 Å². The van der Waals surface area contributed by atoms with E-state index in [1.54, 1.807) is 0 Å². The van der Waals surface area contributed by atoms with E-state index in [4.69, 9.17) is 0 Å². The maximum atomic E-state index is 11.5. The lowest BCUT2D eigenvalue weighted by molar-refractivity contribution is -0.484. The number of hydrogen-bond donors (Lipinski definition) is 0. The van der Waals surface area contributed by atoms with Gasteiger partial charge in [-0.3, -0.25) is 10.1 Å². The first-order valence-electron chi connectivity index (χ1n) is 6.86. The Labute approximate surface area is 123 Å². The summed E-state index contributed by atoms with van der Waals surface area (Å²) < 4.78 is 0. The molecule has 21 heavy (non-hydrogen) atoms. The number of benzene rings is 2. The normalized spacial score (nSPS) is 13.3. The molecule has 0 heterocycles. The van der Waals surface area contributed by atoms with Crippen LogP contribution in [0.1, 0.15) is 17.0 Å². The van der Waals surface area contributed by atoms with E-state index in [-0.39, 0.29) is 11.5 Å². The first kappa shape index (κ1) is 14.9. The molecule has 0 aliphatic heterocycles. The second-order valence-corrected chi connectivity index (χ2v) is 5.02. The van der Waals surface area contributed by atoms with Gasteiger partial charge < -0.3 is 4.79 Å². The lowest BCUT2D eigenvalue weighted by Crippen LogP contribution is -2.24. The smallest absolute Gasteiger partial charge is 0.211 e. The first-order chi connectivity index (χ1) is 10.2. The van der Waals surface area contributed by atoms with Crippen LogP contribution in [0.5, 0.6) is 0 Å². The van der Waals surface area contributed by atoms with Crippen LogP contribution in [-0.2, 0) is 11.2 Å². The van der Waals surface area contributed by atoms with E-state index in [9.17, 15) is 14.9 Å². The molecule has 0 radical (unpaired) electrons. The van der Waals surface area contributed by atoms with E-state index in [1.165, 1.54) is 0 Å². The molecule has 0 aliphatic rings. The minimum atomic E-state index is -0.404. The van der Waals surface area contributed by atoms with Gasteiger partial charge in [-0.05, 0) is 17.5 Å². The summed E-state index contributed by atoms with van der Waals surface area (Å²) in [6.07, 6.45) is 1.35. The number of aldehydes is 1. The molecule has 0 aliphatic carbocycles. The van der Waals surface area contributed by atoms with Crippen molar-refractivity contribution in [3.05, 3.63) is 81.9 Å². The highest BCUT2D eigenvalue weighted by molar-refractivity contribution is 5.57. The number of carbonyl (C=O) groups is 1. The van der Waals surface area contributed by atoms with Crippen LogP contribution in [0.3, 0.4) is 0 Å². The Balaban J connectivity index is 2.25. The molecule has 0 saturated carbocycles. The largest absolute Gasteiger partial charge is 0.303 e. The molecule has 0 aromatic heterocycles. The molecule has 0 N–H and O–H groups in total. The molecule has 0 spiro atoms. The van der Waals surface area contributed by atoms with Crippen LogP contribution in [0.2, 0.25) is 0 Å². The summed E-state index contributed by atoms with van der Waals surface area (Å²) in [6, 6.07) is 18.8. The molecule has 0 saturated heterocycles. The molecule has 108 valence electrons. The van der Waals surface area contributed by atoms with Gasteiger partial charge in [0.1, 0.15) is 6.29 Å². The van der Waals surface area contributed by atoms with Crippen molar-refractivity contribution in [2.75, 3.05) is 6.54 Å². The summed E-state index contributed by atoms with van der Waals surface area (Å²) in [5.41, 5.74) is 1.85. The predicted octanol–water partition coefficient (Wildman–Crippen LogP) is 3.10. The Morgan fingerprint density at radius 3 is 2.10 bits per heavy atom. The average Bonchev–Trinajstić information content (AvgIpc) is 2.52. The van der Waals surface area contributed by atoms with Crippen LogP contribution in [0.25, 0.3) is 0 Å². The summed E-state index contributed by atoms with van der Waals surface area (Å²) in [6.45, 7) is -0.236. The second-order valence-electron chi connectivity index (χ2n) is 5.02. The maximum Gasteiger partial charge on any atom is 0.211 e. The quantitative estimate of drug-likeness (QED) is 0.445. The SMILES string of the molecule is O=C[C@@H](Cc1ccccc1)C(C[N+](=O)[O-])c1ccccc1. The third-order valence-corrected chi connectivity index (χ3v) is 3.58. The minimum Gasteiger partial charge on any atom is -0.303 e. The highest BCUT2D eigenvalue weighted by Gasteiger charge is 2.27. The molecule has 0 fully saturated rings. The van der Waals surface area contributed by atoms with E-state index >= 15 is 0 Å². The van der Waals surface area contributed by atoms with Crippen molar-refractivity contribution in [1.82, 2.24) is 0 Å². The highest BCUT2D eigenvalue weighted by atomic mass is 16.6. The summed E-state index contributed by atoms with van der Waals surface area (Å²) >= 11 is 0. The van der Waals surface area contributed by atoms with Crippen molar-refractivity contribution in [2.24, 2.45) is 5.92 Å². The van der Waals surface area contributed by atoms with Crippen molar-refractivity contribution in [3.63, 3.8) is 0 Å². The fourth-order valence-electron chi connectivity index (χ4n) is 2.52. The standard InChI is InChI=1S/C17H17NO3/c19-13-16(11-14-7-3-1-4-8-14)17(12-18(20)21)15-9-5-2-6-10-15/h1-10,13,16-17H,11-12H2/t16-,17?/m1/s1. The lowest BCUT2D eigenvalue weighted by atomic mass is 9.83. The molecule has 4 heteroatoms. The summed E-state index contributed by atoms with van der Waals surface area (Å²) in [7, 11) is 0. The van der Waals surface area contributed by atoms with E-state index in [2.05, 4.69) is 0 Å². The van der Waals surface area contributed by atoms with Gasteiger partial charge in [-0.1, -0.05) is 60.7 Å². The number of hydrogen-bond acceptors (Lipinski definition) is 3. The van der Waals surface area contributed by atoms with E-state index in [0.717, 1.165) is 17.4 Å². The monoisotopic (exact) mass is 283 g/mol. The van der Waals surface area contributed by atoms with Gasteiger partial charge in [0, 0.05) is 10.8 Å². The third-order valence-electron chi connectivity index (χ3n) is 3.58. The average molecular weight is 283 g/mol.